The third-order valence-corrected chi connectivity index (χ3v) is 4.06. The molecule has 0 saturated heterocycles. The summed E-state index contributed by atoms with van der Waals surface area (Å²) in [4.78, 5) is 4.08. The smallest absolute Gasteiger partial charge is 0.0949 e. The van der Waals surface area contributed by atoms with Crippen LogP contribution in [0.15, 0.2) is 43.0 Å². The van der Waals surface area contributed by atoms with Crippen LogP contribution in [-0.4, -0.2) is 15.6 Å². The van der Waals surface area contributed by atoms with Gasteiger partial charge < -0.3 is 9.88 Å². The van der Waals surface area contributed by atoms with Gasteiger partial charge in [0.25, 0.3) is 0 Å². The molecule has 2 unspecified atom stereocenters. The monoisotopic (exact) mass is 255 g/mol. The second kappa shape index (κ2) is 5.47. The van der Waals surface area contributed by atoms with Crippen LogP contribution in [-0.2, 0) is 6.54 Å². The van der Waals surface area contributed by atoms with Gasteiger partial charge in [-0.15, -0.1) is 0 Å². The fourth-order valence-corrected chi connectivity index (χ4v) is 2.92. The van der Waals surface area contributed by atoms with E-state index in [1.165, 1.54) is 30.5 Å². The molecule has 1 aromatic carbocycles. The lowest BCUT2D eigenvalue weighted by Gasteiger charge is -2.19. The van der Waals surface area contributed by atoms with Crippen LogP contribution in [0.3, 0.4) is 0 Å². The number of anilines is 1. The molecular weight excluding hydrogens is 234 g/mol. The van der Waals surface area contributed by atoms with E-state index in [4.69, 9.17) is 0 Å². The maximum Gasteiger partial charge on any atom is 0.0949 e. The maximum absolute atomic E-state index is 4.08. The Morgan fingerprint density at radius 3 is 3.05 bits per heavy atom. The molecule has 0 radical (unpaired) electrons. The molecular formula is C16H21N3. The average Bonchev–Trinajstić information content (AvgIpc) is 3.03. The second-order valence-electron chi connectivity index (χ2n) is 5.59. The molecule has 3 nitrogen and oxygen atoms in total. The molecule has 1 aromatic heterocycles. The molecule has 1 heterocycles. The van der Waals surface area contributed by atoms with Crippen molar-refractivity contribution in [1.82, 2.24) is 9.55 Å². The Labute approximate surface area is 114 Å². The molecule has 2 atom stereocenters. The lowest BCUT2D eigenvalue weighted by Crippen LogP contribution is -2.21. The summed E-state index contributed by atoms with van der Waals surface area (Å²) in [7, 11) is 0. The molecule has 3 rings (SSSR count). The van der Waals surface area contributed by atoms with Crippen LogP contribution in [0.2, 0.25) is 0 Å². The second-order valence-corrected chi connectivity index (χ2v) is 5.59. The van der Waals surface area contributed by atoms with Crippen LogP contribution in [0.1, 0.15) is 31.7 Å². The van der Waals surface area contributed by atoms with Crippen molar-refractivity contribution in [2.24, 2.45) is 5.92 Å². The normalized spacial score (nSPS) is 22.6. The predicted molar refractivity (Wildman–Crippen MR) is 78.2 cm³/mol. The summed E-state index contributed by atoms with van der Waals surface area (Å²) < 4.78 is 2.09. The Morgan fingerprint density at radius 2 is 2.32 bits per heavy atom. The first-order valence-corrected chi connectivity index (χ1v) is 7.12. The standard InChI is InChI=1S/C16H21N3/c1-13-4-2-7-16(13)18-15-6-3-5-14(10-15)11-19-9-8-17-12-19/h3,5-6,8-10,12-13,16,18H,2,4,7,11H2,1H3. The highest BCUT2D eigenvalue weighted by Crippen LogP contribution is 2.28. The van der Waals surface area contributed by atoms with Crippen molar-refractivity contribution in [3.63, 3.8) is 0 Å². The van der Waals surface area contributed by atoms with Gasteiger partial charge in [-0.1, -0.05) is 25.5 Å². The summed E-state index contributed by atoms with van der Waals surface area (Å²) in [5.74, 6) is 0.789. The molecule has 0 spiro atoms. The van der Waals surface area contributed by atoms with Crippen molar-refractivity contribution < 1.29 is 0 Å². The highest BCUT2D eigenvalue weighted by atomic mass is 15.0. The Bertz CT molecular complexity index is 519. The zero-order valence-electron chi connectivity index (χ0n) is 11.4. The number of benzene rings is 1. The molecule has 19 heavy (non-hydrogen) atoms. The van der Waals surface area contributed by atoms with Gasteiger partial charge >= 0.3 is 0 Å². The number of nitrogens with zero attached hydrogens (tertiary/aromatic N) is 2. The third kappa shape index (κ3) is 2.98. The zero-order chi connectivity index (χ0) is 13.1. The van der Waals surface area contributed by atoms with Crippen molar-refractivity contribution in [2.75, 3.05) is 5.32 Å². The predicted octanol–water partition coefficient (Wildman–Crippen LogP) is 3.53. The molecule has 2 aromatic rings. The lowest BCUT2D eigenvalue weighted by atomic mass is 10.1. The quantitative estimate of drug-likeness (QED) is 0.905. The van der Waals surface area contributed by atoms with E-state index in [-0.39, 0.29) is 0 Å². The van der Waals surface area contributed by atoms with Gasteiger partial charge in [0.1, 0.15) is 0 Å². The number of hydrogen-bond acceptors (Lipinski definition) is 2. The van der Waals surface area contributed by atoms with E-state index in [0.717, 1.165) is 12.5 Å². The van der Waals surface area contributed by atoms with E-state index in [0.29, 0.717) is 6.04 Å². The van der Waals surface area contributed by atoms with E-state index < -0.39 is 0 Å². The van der Waals surface area contributed by atoms with Crippen LogP contribution in [0.25, 0.3) is 0 Å². The Morgan fingerprint density at radius 1 is 1.37 bits per heavy atom. The molecule has 1 fully saturated rings. The van der Waals surface area contributed by atoms with Crippen LogP contribution in [0, 0.1) is 5.92 Å². The molecule has 1 saturated carbocycles. The Hall–Kier alpha value is -1.77. The van der Waals surface area contributed by atoms with E-state index in [1.807, 2.05) is 18.7 Å². The van der Waals surface area contributed by atoms with Crippen LogP contribution >= 0.6 is 0 Å². The van der Waals surface area contributed by atoms with Gasteiger partial charge in [-0.3, -0.25) is 0 Å². The fourth-order valence-electron chi connectivity index (χ4n) is 2.92. The summed E-state index contributed by atoms with van der Waals surface area (Å²) in [5, 5.41) is 3.69. The first kappa shape index (κ1) is 12.3. The van der Waals surface area contributed by atoms with Gasteiger partial charge in [-0.05, 0) is 36.5 Å². The Balaban J connectivity index is 1.69. The van der Waals surface area contributed by atoms with Crippen molar-refractivity contribution >= 4 is 5.69 Å². The number of nitrogens with one attached hydrogen (secondary N) is 1. The third-order valence-electron chi connectivity index (χ3n) is 4.06. The molecule has 0 amide bonds. The van der Waals surface area contributed by atoms with Crippen LogP contribution < -0.4 is 5.32 Å². The highest BCUT2D eigenvalue weighted by molar-refractivity contribution is 5.46. The Kier molecular flexibility index (Phi) is 3.53. The summed E-state index contributed by atoms with van der Waals surface area (Å²) in [6.45, 7) is 3.23. The largest absolute Gasteiger partial charge is 0.382 e. The van der Waals surface area contributed by atoms with E-state index >= 15 is 0 Å². The summed E-state index contributed by atoms with van der Waals surface area (Å²) in [5.41, 5.74) is 2.56. The number of rotatable bonds is 4. The maximum atomic E-state index is 4.08. The topological polar surface area (TPSA) is 29.9 Å². The van der Waals surface area contributed by atoms with Gasteiger partial charge in [0.2, 0.25) is 0 Å². The van der Waals surface area contributed by atoms with Crippen molar-refractivity contribution in [2.45, 2.75) is 38.8 Å². The molecule has 1 N–H and O–H groups in total. The van der Waals surface area contributed by atoms with Crippen LogP contribution in [0.5, 0.6) is 0 Å². The fraction of sp³-hybridized carbons (Fsp3) is 0.438. The zero-order valence-corrected chi connectivity index (χ0v) is 11.4. The molecule has 1 aliphatic rings. The molecule has 0 aliphatic heterocycles. The minimum atomic E-state index is 0.642. The van der Waals surface area contributed by atoms with E-state index in [2.05, 4.69) is 46.1 Å². The van der Waals surface area contributed by atoms with Crippen molar-refractivity contribution in [3.05, 3.63) is 48.5 Å². The molecule has 1 aliphatic carbocycles. The average molecular weight is 255 g/mol. The molecule has 3 heteroatoms. The van der Waals surface area contributed by atoms with Crippen molar-refractivity contribution in [1.29, 1.82) is 0 Å². The molecule has 0 bridgehead atoms. The van der Waals surface area contributed by atoms with Gasteiger partial charge in [0, 0.05) is 30.7 Å². The van der Waals surface area contributed by atoms with Crippen LogP contribution in [0.4, 0.5) is 5.69 Å². The van der Waals surface area contributed by atoms with E-state index in [9.17, 15) is 0 Å². The van der Waals surface area contributed by atoms with Gasteiger partial charge in [-0.25, -0.2) is 4.98 Å². The number of hydrogen-bond donors (Lipinski definition) is 1. The first-order valence-electron chi connectivity index (χ1n) is 7.12. The minimum Gasteiger partial charge on any atom is -0.382 e. The summed E-state index contributed by atoms with van der Waals surface area (Å²) in [6, 6.07) is 9.37. The highest BCUT2D eigenvalue weighted by Gasteiger charge is 2.22. The summed E-state index contributed by atoms with van der Waals surface area (Å²) >= 11 is 0. The first-order chi connectivity index (χ1) is 9.31. The van der Waals surface area contributed by atoms with Gasteiger partial charge in [-0.2, -0.15) is 0 Å². The van der Waals surface area contributed by atoms with Gasteiger partial charge in [0.15, 0.2) is 0 Å². The lowest BCUT2D eigenvalue weighted by molar-refractivity contribution is 0.556. The summed E-state index contributed by atoms with van der Waals surface area (Å²) in [6.07, 6.45) is 9.69. The van der Waals surface area contributed by atoms with Gasteiger partial charge in [0.05, 0.1) is 6.33 Å². The van der Waals surface area contributed by atoms with E-state index in [1.54, 1.807) is 0 Å². The number of imidazole rings is 1. The minimum absolute atomic E-state index is 0.642. The molecule has 100 valence electrons. The SMILES string of the molecule is CC1CCCC1Nc1cccc(Cn2ccnc2)c1. The van der Waals surface area contributed by atoms with Crippen molar-refractivity contribution in [3.8, 4) is 0 Å². The number of aromatic nitrogens is 2.